The van der Waals surface area contributed by atoms with Gasteiger partial charge in [-0.05, 0) is 45.9 Å². The lowest BCUT2D eigenvalue weighted by Crippen LogP contribution is -2.49. The summed E-state index contributed by atoms with van der Waals surface area (Å²) in [6.45, 7) is 7.89. The number of benzene rings is 1. The minimum atomic E-state index is -0.717. The molecule has 0 unspecified atom stereocenters. The first-order valence-electron chi connectivity index (χ1n) is 6.24. The Bertz CT molecular complexity index is 524. The maximum atomic E-state index is 12.1. The molecule has 1 aromatic rings. The first kappa shape index (κ1) is 16.8. The lowest BCUT2D eigenvalue weighted by Gasteiger charge is -2.34. The van der Waals surface area contributed by atoms with Gasteiger partial charge in [0.2, 0.25) is 0 Å². The molecule has 0 aliphatic heterocycles. The SMILES string of the molecule is CCN(C(=O)C(=O)Nc1ccc(Cl)cc1Cl)C(C)(C)C. The Morgan fingerprint density at radius 1 is 1.25 bits per heavy atom. The third-order valence-electron chi connectivity index (χ3n) is 2.74. The van der Waals surface area contributed by atoms with E-state index in [1.807, 2.05) is 27.7 Å². The van der Waals surface area contributed by atoms with Crippen LogP contribution in [-0.4, -0.2) is 28.8 Å². The number of nitrogens with one attached hydrogen (secondary N) is 1. The molecule has 1 N–H and O–H groups in total. The molecule has 20 heavy (non-hydrogen) atoms. The van der Waals surface area contributed by atoms with E-state index in [0.717, 1.165) is 0 Å². The Morgan fingerprint density at radius 2 is 1.85 bits per heavy atom. The van der Waals surface area contributed by atoms with Gasteiger partial charge < -0.3 is 10.2 Å². The minimum Gasteiger partial charge on any atom is -0.330 e. The molecule has 2 amide bonds. The van der Waals surface area contributed by atoms with Gasteiger partial charge in [0.05, 0.1) is 10.7 Å². The molecule has 4 nitrogen and oxygen atoms in total. The van der Waals surface area contributed by atoms with E-state index >= 15 is 0 Å². The number of anilines is 1. The van der Waals surface area contributed by atoms with Gasteiger partial charge in [-0.2, -0.15) is 0 Å². The zero-order valence-corrected chi connectivity index (χ0v) is 13.5. The summed E-state index contributed by atoms with van der Waals surface area (Å²) in [6.07, 6.45) is 0. The van der Waals surface area contributed by atoms with Gasteiger partial charge in [0.25, 0.3) is 0 Å². The molecule has 0 heterocycles. The Balaban J connectivity index is 2.88. The second-order valence-electron chi connectivity index (χ2n) is 5.30. The number of likely N-dealkylation sites (N-methyl/N-ethyl adjacent to an activating group) is 1. The molecule has 1 rings (SSSR count). The minimum absolute atomic E-state index is 0.289. The molecule has 6 heteroatoms. The lowest BCUT2D eigenvalue weighted by molar-refractivity contribution is -0.146. The van der Waals surface area contributed by atoms with Crippen LogP contribution in [0.3, 0.4) is 0 Å². The van der Waals surface area contributed by atoms with Crippen LogP contribution < -0.4 is 5.32 Å². The van der Waals surface area contributed by atoms with Crippen LogP contribution >= 0.6 is 23.2 Å². The molecule has 0 atom stereocenters. The summed E-state index contributed by atoms with van der Waals surface area (Å²) >= 11 is 11.7. The van der Waals surface area contributed by atoms with Crippen LogP contribution in [0, 0.1) is 0 Å². The molecule has 0 spiro atoms. The van der Waals surface area contributed by atoms with Crippen LogP contribution in [0.5, 0.6) is 0 Å². The number of rotatable bonds is 2. The summed E-state index contributed by atoms with van der Waals surface area (Å²) in [5, 5.41) is 3.25. The first-order chi connectivity index (χ1) is 9.16. The number of carbonyl (C=O) groups excluding carboxylic acids is 2. The predicted octanol–water partition coefficient (Wildman–Crippen LogP) is 3.58. The van der Waals surface area contributed by atoms with Gasteiger partial charge in [-0.3, -0.25) is 9.59 Å². The number of carbonyl (C=O) groups is 2. The van der Waals surface area contributed by atoms with E-state index in [9.17, 15) is 9.59 Å². The highest BCUT2D eigenvalue weighted by Gasteiger charge is 2.29. The third kappa shape index (κ3) is 4.12. The van der Waals surface area contributed by atoms with Crippen LogP contribution in [0.15, 0.2) is 18.2 Å². The fourth-order valence-corrected chi connectivity index (χ4v) is 2.27. The van der Waals surface area contributed by atoms with Crippen molar-refractivity contribution in [3.05, 3.63) is 28.2 Å². The van der Waals surface area contributed by atoms with E-state index in [-0.39, 0.29) is 5.02 Å². The van der Waals surface area contributed by atoms with Gasteiger partial charge in [-0.25, -0.2) is 0 Å². The zero-order chi connectivity index (χ0) is 15.5. The molecule has 0 fully saturated rings. The number of amides is 2. The highest BCUT2D eigenvalue weighted by molar-refractivity contribution is 6.42. The van der Waals surface area contributed by atoms with E-state index in [2.05, 4.69) is 5.32 Å². The average Bonchev–Trinajstić information content (AvgIpc) is 2.31. The normalized spacial score (nSPS) is 11.1. The summed E-state index contributed by atoms with van der Waals surface area (Å²) < 4.78 is 0. The van der Waals surface area contributed by atoms with Crippen molar-refractivity contribution in [3.8, 4) is 0 Å². The van der Waals surface area contributed by atoms with Crippen molar-refractivity contribution in [2.45, 2.75) is 33.2 Å². The Kier molecular flexibility index (Phi) is 5.42. The second-order valence-corrected chi connectivity index (χ2v) is 6.14. The molecule has 0 bridgehead atoms. The number of halogens is 2. The summed E-state index contributed by atoms with van der Waals surface area (Å²) in [5.74, 6) is -1.31. The van der Waals surface area contributed by atoms with Crippen molar-refractivity contribution in [2.24, 2.45) is 0 Å². The van der Waals surface area contributed by atoms with Crippen molar-refractivity contribution in [1.29, 1.82) is 0 Å². The van der Waals surface area contributed by atoms with Gasteiger partial charge in [0.15, 0.2) is 0 Å². The fraction of sp³-hybridized carbons (Fsp3) is 0.429. The van der Waals surface area contributed by atoms with E-state index in [1.54, 1.807) is 12.1 Å². The molecule has 0 aliphatic rings. The largest absolute Gasteiger partial charge is 0.330 e. The maximum absolute atomic E-state index is 12.1. The van der Waals surface area contributed by atoms with Gasteiger partial charge in [-0.1, -0.05) is 23.2 Å². The number of hydrogen-bond donors (Lipinski definition) is 1. The molecular weight excluding hydrogens is 299 g/mol. The molecule has 0 saturated carbocycles. The Morgan fingerprint density at radius 3 is 2.30 bits per heavy atom. The quantitative estimate of drug-likeness (QED) is 0.848. The van der Waals surface area contributed by atoms with Gasteiger partial charge >= 0.3 is 11.8 Å². The van der Waals surface area contributed by atoms with Crippen molar-refractivity contribution < 1.29 is 9.59 Å². The smallest absolute Gasteiger partial charge is 0.313 e. The molecule has 0 saturated heterocycles. The molecule has 1 aromatic carbocycles. The summed E-state index contributed by atoms with van der Waals surface area (Å²) in [5.41, 5.74) is -0.0631. The van der Waals surface area contributed by atoms with E-state index in [1.165, 1.54) is 11.0 Å². The van der Waals surface area contributed by atoms with E-state index < -0.39 is 17.4 Å². The summed E-state index contributed by atoms with van der Waals surface area (Å²) in [4.78, 5) is 25.6. The second kappa shape index (κ2) is 6.46. The Hall–Kier alpha value is -1.26. The highest BCUT2D eigenvalue weighted by atomic mass is 35.5. The van der Waals surface area contributed by atoms with Crippen LogP contribution in [0.2, 0.25) is 10.0 Å². The monoisotopic (exact) mass is 316 g/mol. The van der Waals surface area contributed by atoms with Crippen LogP contribution in [0.4, 0.5) is 5.69 Å². The molecule has 0 radical (unpaired) electrons. The van der Waals surface area contributed by atoms with Crippen molar-refractivity contribution in [2.75, 3.05) is 11.9 Å². The molecular formula is C14H18Cl2N2O2. The Labute approximate surface area is 129 Å². The average molecular weight is 317 g/mol. The van der Waals surface area contributed by atoms with Crippen molar-refractivity contribution in [1.82, 2.24) is 4.90 Å². The van der Waals surface area contributed by atoms with E-state index in [0.29, 0.717) is 17.3 Å². The van der Waals surface area contributed by atoms with Crippen molar-refractivity contribution in [3.63, 3.8) is 0 Å². The zero-order valence-electron chi connectivity index (χ0n) is 12.0. The van der Waals surface area contributed by atoms with Gasteiger partial charge in [0.1, 0.15) is 0 Å². The molecule has 0 aliphatic carbocycles. The molecule has 110 valence electrons. The predicted molar refractivity (Wildman–Crippen MR) is 82.2 cm³/mol. The third-order valence-corrected chi connectivity index (χ3v) is 3.29. The lowest BCUT2D eigenvalue weighted by atomic mass is 10.1. The van der Waals surface area contributed by atoms with E-state index in [4.69, 9.17) is 23.2 Å². The van der Waals surface area contributed by atoms with Gasteiger partial charge in [-0.15, -0.1) is 0 Å². The van der Waals surface area contributed by atoms with Crippen LogP contribution in [0.1, 0.15) is 27.7 Å². The maximum Gasteiger partial charge on any atom is 0.313 e. The first-order valence-corrected chi connectivity index (χ1v) is 7.00. The highest BCUT2D eigenvalue weighted by Crippen LogP contribution is 2.25. The number of hydrogen-bond acceptors (Lipinski definition) is 2. The van der Waals surface area contributed by atoms with Crippen LogP contribution in [-0.2, 0) is 9.59 Å². The molecule has 0 aromatic heterocycles. The van der Waals surface area contributed by atoms with Gasteiger partial charge in [0, 0.05) is 17.1 Å². The summed E-state index contributed by atoms with van der Waals surface area (Å²) in [7, 11) is 0. The van der Waals surface area contributed by atoms with Crippen LogP contribution in [0.25, 0.3) is 0 Å². The summed E-state index contributed by atoms with van der Waals surface area (Å²) in [6, 6.07) is 4.66. The topological polar surface area (TPSA) is 49.4 Å². The standard InChI is InChI=1S/C14H18Cl2N2O2/c1-5-18(14(2,3)4)13(20)12(19)17-11-7-6-9(15)8-10(11)16/h6-8H,5H2,1-4H3,(H,17,19). The fourth-order valence-electron chi connectivity index (χ4n) is 1.81. The van der Waals surface area contributed by atoms with Crippen molar-refractivity contribution >= 4 is 40.7 Å². The number of nitrogens with zero attached hydrogens (tertiary/aromatic N) is 1.